The van der Waals surface area contributed by atoms with E-state index in [1.54, 1.807) is 0 Å². The molecule has 3 nitrogen and oxygen atoms in total. The number of benzene rings is 1. The van der Waals surface area contributed by atoms with E-state index < -0.39 is 0 Å². The van der Waals surface area contributed by atoms with Crippen LogP contribution in [0.15, 0.2) is 30.5 Å². The maximum atomic E-state index is 5.51. The summed E-state index contributed by atoms with van der Waals surface area (Å²) < 4.78 is 5.51. The van der Waals surface area contributed by atoms with Gasteiger partial charge in [0.2, 0.25) is 0 Å². The minimum Gasteiger partial charge on any atom is -0.380 e. The number of para-hydroxylation sites is 1. The zero-order valence-electron chi connectivity index (χ0n) is 11.0. The monoisotopic (exact) mass is 246 g/mol. The van der Waals surface area contributed by atoms with Crippen LogP contribution in [0.25, 0.3) is 10.9 Å². The van der Waals surface area contributed by atoms with Gasteiger partial charge in [0.15, 0.2) is 0 Å². The van der Waals surface area contributed by atoms with Gasteiger partial charge in [-0.3, -0.25) is 0 Å². The molecule has 2 aromatic rings. The molecule has 2 N–H and O–H groups in total. The van der Waals surface area contributed by atoms with Crippen LogP contribution in [0.3, 0.4) is 0 Å². The summed E-state index contributed by atoms with van der Waals surface area (Å²) in [6.45, 7) is 5.64. The van der Waals surface area contributed by atoms with Gasteiger partial charge >= 0.3 is 0 Å². The van der Waals surface area contributed by atoms with Gasteiger partial charge in [-0.15, -0.1) is 0 Å². The van der Waals surface area contributed by atoms with Gasteiger partial charge in [0, 0.05) is 31.4 Å². The van der Waals surface area contributed by atoms with E-state index in [9.17, 15) is 0 Å². The number of aromatic nitrogens is 1. The average molecular weight is 246 g/mol. The summed E-state index contributed by atoms with van der Waals surface area (Å²) in [6.07, 6.45) is 4.34. The summed E-state index contributed by atoms with van der Waals surface area (Å²) in [6, 6.07) is 8.49. The first-order valence-corrected chi connectivity index (χ1v) is 6.75. The van der Waals surface area contributed by atoms with Crippen molar-refractivity contribution >= 4 is 10.9 Å². The number of hydrogen-bond acceptors (Lipinski definition) is 2. The van der Waals surface area contributed by atoms with Gasteiger partial charge < -0.3 is 15.0 Å². The molecule has 0 saturated carbocycles. The summed E-state index contributed by atoms with van der Waals surface area (Å²) in [4.78, 5) is 3.29. The standard InChI is InChI=1S/C15H22N2O/c1-2-3-10-18-11-9-16-12-14-6-4-5-13-7-8-17-15(13)14/h4-8,16-17H,2-3,9-12H2,1H3. The number of nitrogens with one attached hydrogen (secondary N) is 2. The Hall–Kier alpha value is -1.32. The normalized spacial score (nSPS) is 11.2. The van der Waals surface area contributed by atoms with E-state index in [0.717, 1.165) is 32.7 Å². The topological polar surface area (TPSA) is 37.0 Å². The molecule has 0 fully saturated rings. The van der Waals surface area contributed by atoms with Crippen molar-refractivity contribution in [3.8, 4) is 0 Å². The fourth-order valence-corrected chi connectivity index (χ4v) is 2.01. The van der Waals surface area contributed by atoms with E-state index in [2.05, 4.69) is 41.5 Å². The van der Waals surface area contributed by atoms with Crippen LogP contribution in [0.4, 0.5) is 0 Å². The molecule has 1 heterocycles. The van der Waals surface area contributed by atoms with Gasteiger partial charge in [-0.05, 0) is 23.4 Å². The highest BCUT2D eigenvalue weighted by Crippen LogP contribution is 2.16. The van der Waals surface area contributed by atoms with Crippen LogP contribution in [-0.4, -0.2) is 24.7 Å². The van der Waals surface area contributed by atoms with Crippen LogP contribution < -0.4 is 5.32 Å². The molecular weight excluding hydrogens is 224 g/mol. The molecule has 0 aliphatic heterocycles. The lowest BCUT2D eigenvalue weighted by Gasteiger charge is -2.07. The SMILES string of the molecule is CCCCOCCNCc1cccc2cc[nH]c12. The van der Waals surface area contributed by atoms with E-state index in [1.807, 2.05) is 6.20 Å². The summed E-state index contributed by atoms with van der Waals surface area (Å²) in [5.41, 5.74) is 2.54. The number of aromatic amines is 1. The molecule has 0 bridgehead atoms. The number of hydrogen-bond donors (Lipinski definition) is 2. The van der Waals surface area contributed by atoms with Gasteiger partial charge in [0.25, 0.3) is 0 Å². The number of fused-ring (bicyclic) bond motifs is 1. The van der Waals surface area contributed by atoms with Gasteiger partial charge in [0.1, 0.15) is 0 Å². The van der Waals surface area contributed by atoms with Gasteiger partial charge in [-0.1, -0.05) is 31.5 Å². The molecule has 1 aromatic carbocycles. The third kappa shape index (κ3) is 3.59. The van der Waals surface area contributed by atoms with E-state index >= 15 is 0 Å². The Morgan fingerprint density at radius 1 is 1.22 bits per heavy atom. The molecule has 0 saturated heterocycles. The molecule has 0 spiro atoms. The molecule has 0 radical (unpaired) electrons. The molecule has 0 aliphatic rings. The number of H-pyrrole nitrogens is 1. The lowest BCUT2D eigenvalue weighted by atomic mass is 10.1. The van der Waals surface area contributed by atoms with Crippen LogP contribution in [0.1, 0.15) is 25.3 Å². The largest absolute Gasteiger partial charge is 0.380 e. The second-order valence-electron chi connectivity index (χ2n) is 4.50. The van der Waals surface area contributed by atoms with Crippen molar-refractivity contribution in [3.05, 3.63) is 36.0 Å². The Balaban J connectivity index is 1.72. The van der Waals surface area contributed by atoms with Crippen molar-refractivity contribution in [2.24, 2.45) is 0 Å². The van der Waals surface area contributed by atoms with Gasteiger partial charge in [-0.25, -0.2) is 0 Å². The second-order valence-corrected chi connectivity index (χ2v) is 4.50. The molecule has 2 rings (SSSR count). The minimum absolute atomic E-state index is 0.792. The van der Waals surface area contributed by atoms with E-state index in [4.69, 9.17) is 4.74 Å². The lowest BCUT2D eigenvalue weighted by molar-refractivity contribution is 0.133. The van der Waals surface area contributed by atoms with Crippen LogP contribution in [-0.2, 0) is 11.3 Å². The number of unbranched alkanes of at least 4 members (excludes halogenated alkanes) is 1. The second kappa shape index (κ2) is 7.19. The van der Waals surface area contributed by atoms with Crippen molar-refractivity contribution in [1.29, 1.82) is 0 Å². The highest BCUT2D eigenvalue weighted by atomic mass is 16.5. The molecule has 98 valence electrons. The molecule has 0 amide bonds. The predicted octanol–water partition coefficient (Wildman–Crippen LogP) is 3.07. The smallest absolute Gasteiger partial charge is 0.0591 e. The zero-order chi connectivity index (χ0) is 12.6. The van der Waals surface area contributed by atoms with Gasteiger partial charge in [-0.2, -0.15) is 0 Å². The maximum Gasteiger partial charge on any atom is 0.0591 e. The van der Waals surface area contributed by atoms with E-state index in [-0.39, 0.29) is 0 Å². The average Bonchev–Trinajstić information content (AvgIpc) is 2.86. The highest BCUT2D eigenvalue weighted by molar-refractivity contribution is 5.82. The van der Waals surface area contributed by atoms with Crippen molar-refractivity contribution in [3.63, 3.8) is 0 Å². The van der Waals surface area contributed by atoms with Crippen molar-refractivity contribution in [2.75, 3.05) is 19.8 Å². The third-order valence-corrected chi connectivity index (χ3v) is 3.05. The Labute approximate surface area is 109 Å². The molecule has 0 aliphatic carbocycles. The van der Waals surface area contributed by atoms with Crippen LogP contribution >= 0.6 is 0 Å². The van der Waals surface area contributed by atoms with Crippen molar-refractivity contribution in [2.45, 2.75) is 26.3 Å². The summed E-state index contributed by atoms with van der Waals surface area (Å²) >= 11 is 0. The van der Waals surface area contributed by atoms with Crippen LogP contribution in [0.2, 0.25) is 0 Å². The minimum atomic E-state index is 0.792. The van der Waals surface area contributed by atoms with Crippen molar-refractivity contribution in [1.82, 2.24) is 10.3 Å². The lowest BCUT2D eigenvalue weighted by Crippen LogP contribution is -2.19. The van der Waals surface area contributed by atoms with Crippen LogP contribution in [0.5, 0.6) is 0 Å². The van der Waals surface area contributed by atoms with Crippen LogP contribution in [0, 0.1) is 0 Å². The number of ether oxygens (including phenoxy) is 1. The van der Waals surface area contributed by atoms with E-state index in [0.29, 0.717) is 0 Å². The Morgan fingerprint density at radius 2 is 2.17 bits per heavy atom. The molecule has 3 heteroatoms. The summed E-state index contributed by atoms with van der Waals surface area (Å²) in [5, 5.41) is 4.69. The van der Waals surface area contributed by atoms with Gasteiger partial charge in [0.05, 0.1) is 6.61 Å². The molecule has 1 aromatic heterocycles. The summed E-state index contributed by atoms with van der Waals surface area (Å²) in [5.74, 6) is 0. The predicted molar refractivity (Wildman–Crippen MR) is 75.7 cm³/mol. The Kier molecular flexibility index (Phi) is 5.24. The Bertz CT molecular complexity index is 464. The first-order valence-electron chi connectivity index (χ1n) is 6.75. The molecule has 18 heavy (non-hydrogen) atoms. The maximum absolute atomic E-state index is 5.51. The summed E-state index contributed by atoms with van der Waals surface area (Å²) in [7, 11) is 0. The first kappa shape index (κ1) is 13.1. The number of rotatable bonds is 8. The third-order valence-electron chi connectivity index (χ3n) is 3.05. The molecule has 0 unspecified atom stereocenters. The molecule has 0 atom stereocenters. The first-order chi connectivity index (χ1) is 8.92. The fourth-order valence-electron chi connectivity index (χ4n) is 2.01. The quantitative estimate of drug-likeness (QED) is 0.702. The molecular formula is C15H22N2O. The highest BCUT2D eigenvalue weighted by Gasteiger charge is 2.00. The Morgan fingerprint density at radius 3 is 3.06 bits per heavy atom. The van der Waals surface area contributed by atoms with Crippen molar-refractivity contribution < 1.29 is 4.74 Å². The van der Waals surface area contributed by atoms with E-state index in [1.165, 1.54) is 22.9 Å². The zero-order valence-corrected chi connectivity index (χ0v) is 11.0. The fraction of sp³-hybridized carbons (Fsp3) is 0.467.